The quantitative estimate of drug-likeness (QED) is 0.118. The zero-order valence-electron chi connectivity index (χ0n) is 25.0. The van der Waals surface area contributed by atoms with Gasteiger partial charge in [-0.2, -0.15) is 0 Å². The van der Waals surface area contributed by atoms with Crippen molar-refractivity contribution in [3.05, 3.63) is 72.2 Å². The van der Waals surface area contributed by atoms with Crippen molar-refractivity contribution in [2.75, 3.05) is 65.7 Å². The second-order valence-electron chi connectivity index (χ2n) is 11.5. The van der Waals surface area contributed by atoms with E-state index in [-0.39, 0.29) is 12.2 Å². The van der Waals surface area contributed by atoms with Crippen LogP contribution in [0.2, 0.25) is 0 Å². The van der Waals surface area contributed by atoms with Gasteiger partial charge in [-0.05, 0) is 73.2 Å². The number of esters is 2. The average Bonchev–Trinajstić information content (AvgIpc) is 3.84. The first kappa shape index (κ1) is 30.3. The monoisotopic (exact) mass is 604 g/mol. The molecule has 0 amide bonds. The van der Waals surface area contributed by atoms with Gasteiger partial charge in [0, 0.05) is 50.0 Å². The molecular weight excluding hydrogens is 564 g/mol. The van der Waals surface area contributed by atoms with Gasteiger partial charge < -0.3 is 27.8 Å². The Kier molecular flexibility index (Phi) is 10.2. The zero-order chi connectivity index (χ0) is 30.1. The van der Waals surface area contributed by atoms with E-state index < -0.39 is 11.9 Å². The predicted octanol–water partition coefficient (Wildman–Crippen LogP) is 4.23. The number of hydrogen-bond acceptors (Lipinski definition) is 10. The molecule has 4 aromatic rings. The molecule has 0 radical (unpaired) electrons. The molecule has 4 heterocycles. The van der Waals surface area contributed by atoms with Crippen LogP contribution in [0.25, 0.3) is 21.9 Å². The van der Waals surface area contributed by atoms with Gasteiger partial charge in [0.1, 0.15) is 23.4 Å². The van der Waals surface area contributed by atoms with Gasteiger partial charge in [0.2, 0.25) is 0 Å². The number of carbonyl (C=O) groups excluding carboxylic acids is 2. The lowest BCUT2D eigenvalue weighted by Gasteiger charge is -2.17. The van der Waals surface area contributed by atoms with E-state index in [0.29, 0.717) is 52.4 Å². The lowest BCUT2D eigenvalue weighted by atomic mass is 10.1. The molecule has 2 aromatic carbocycles. The van der Waals surface area contributed by atoms with Crippen LogP contribution in [0.3, 0.4) is 0 Å². The molecule has 0 aliphatic carbocycles. The van der Waals surface area contributed by atoms with Crippen molar-refractivity contribution in [3.8, 4) is 0 Å². The molecule has 0 bridgehead atoms. The number of fused-ring (bicyclic) bond motifs is 2. The van der Waals surface area contributed by atoms with Crippen LogP contribution >= 0.6 is 0 Å². The molecule has 2 aromatic heterocycles. The van der Waals surface area contributed by atoms with E-state index >= 15 is 0 Å². The van der Waals surface area contributed by atoms with Crippen LogP contribution in [0.15, 0.2) is 69.9 Å². The predicted molar refractivity (Wildman–Crippen MR) is 163 cm³/mol. The Morgan fingerprint density at radius 1 is 0.659 bits per heavy atom. The van der Waals surface area contributed by atoms with E-state index in [9.17, 15) is 9.59 Å². The van der Waals surface area contributed by atoms with E-state index in [2.05, 4.69) is 34.1 Å². The summed E-state index contributed by atoms with van der Waals surface area (Å²) in [7, 11) is 0. The molecule has 10 heteroatoms. The van der Waals surface area contributed by atoms with Crippen molar-refractivity contribution in [2.45, 2.75) is 37.9 Å². The van der Waals surface area contributed by atoms with Gasteiger partial charge in [0.15, 0.2) is 0 Å². The summed E-state index contributed by atoms with van der Waals surface area (Å²) in [5, 5.41) is 2.20. The number of rotatable bonds is 14. The summed E-state index contributed by atoms with van der Waals surface area (Å²) in [4.78, 5) is 29.2. The van der Waals surface area contributed by atoms with Crippen LogP contribution in [-0.4, -0.2) is 99.6 Å². The molecule has 0 spiro atoms. The standard InChI is InChI=1S/C34H40N2O8/c37-33(43-29-5-11-35(23-29)13-19-39-15-7-25-1-3-31-27(21-25)9-17-41-31)34(38)44-30-6-12-36(24-30)14-20-40-16-8-26-2-4-32-28(22-26)10-18-42-32/h1-4,9-10,17-18,21-22,29-30H,5-8,11-16,19-20,23-24H2. The molecule has 2 fully saturated rings. The molecular formula is C34H40N2O8. The van der Waals surface area contributed by atoms with Crippen LogP contribution in [0, 0.1) is 0 Å². The SMILES string of the molecule is O=C(OC1CCN(CCOCCc2ccc3occc3c2)C1)C(=O)OC1CCN(CCOCCc2ccc3occc3c2)C1. The molecule has 0 saturated carbocycles. The average molecular weight is 605 g/mol. The van der Waals surface area contributed by atoms with Crippen LogP contribution in [-0.2, 0) is 41.4 Å². The highest BCUT2D eigenvalue weighted by Crippen LogP contribution is 2.19. The van der Waals surface area contributed by atoms with Crippen LogP contribution < -0.4 is 0 Å². The number of hydrogen-bond donors (Lipinski definition) is 0. The minimum atomic E-state index is -0.905. The summed E-state index contributed by atoms with van der Waals surface area (Å²) < 4.78 is 33.4. The number of carbonyl (C=O) groups is 2. The van der Waals surface area contributed by atoms with Gasteiger partial charge in [-0.25, -0.2) is 9.59 Å². The van der Waals surface area contributed by atoms with E-state index in [0.717, 1.165) is 61.0 Å². The van der Waals surface area contributed by atoms with Gasteiger partial charge in [0.25, 0.3) is 0 Å². The summed E-state index contributed by atoms with van der Waals surface area (Å²) in [6, 6.07) is 16.3. The largest absolute Gasteiger partial charge is 0.464 e. The number of benzene rings is 2. The normalized spacial score (nSPS) is 19.3. The molecule has 234 valence electrons. The highest BCUT2D eigenvalue weighted by Gasteiger charge is 2.32. The molecule has 2 aliphatic rings. The smallest absolute Gasteiger partial charge is 0.417 e. The Morgan fingerprint density at radius 3 is 1.61 bits per heavy atom. The lowest BCUT2D eigenvalue weighted by Crippen LogP contribution is -2.33. The Bertz CT molecular complexity index is 1420. The lowest BCUT2D eigenvalue weighted by molar-refractivity contribution is -0.173. The first-order chi connectivity index (χ1) is 21.6. The van der Waals surface area contributed by atoms with Gasteiger partial charge in [0.05, 0.1) is 39.0 Å². The number of nitrogens with zero attached hydrogens (tertiary/aromatic N) is 2. The molecule has 10 nitrogen and oxygen atoms in total. The number of furan rings is 2. The van der Waals surface area contributed by atoms with Crippen molar-refractivity contribution in [1.29, 1.82) is 0 Å². The van der Waals surface area contributed by atoms with E-state index in [1.165, 1.54) is 11.1 Å². The fourth-order valence-corrected chi connectivity index (χ4v) is 5.91. The summed E-state index contributed by atoms with van der Waals surface area (Å²) in [6.45, 7) is 6.76. The van der Waals surface area contributed by atoms with Crippen LogP contribution in [0.5, 0.6) is 0 Å². The van der Waals surface area contributed by atoms with Gasteiger partial charge >= 0.3 is 11.9 Å². The second kappa shape index (κ2) is 14.9. The first-order valence-corrected chi connectivity index (χ1v) is 15.5. The van der Waals surface area contributed by atoms with Gasteiger partial charge in [-0.1, -0.05) is 12.1 Å². The third kappa shape index (κ3) is 8.26. The fraction of sp³-hybridized carbons (Fsp3) is 0.471. The Balaban J connectivity index is 0.797. The first-order valence-electron chi connectivity index (χ1n) is 15.5. The maximum absolute atomic E-state index is 12.4. The van der Waals surface area contributed by atoms with Gasteiger partial charge in [-0.3, -0.25) is 9.80 Å². The second-order valence-corrected chi connectivity index (χ2v) is 11.5. The van der Waals surface area contributed by atoms with Crippen molar-refractivity contribution in [1.82, 2.24) is 9.80 Å². The summed E-state index contributed by atoms with van der Waals surface area (Å²) in [5.41, 5.74) is 4.21. The Hall–Kier alpha value is -3.70. The topological polar surface area (TPSA) is 104 Å². The minimum absolute atomic E-state index is 0.310. The highest BCUT2D eigenvalue weighted by atomic mass is 16.6. The zero-order valence-corrected chi connectivity index (χ0v) is 25.0. The van der Waals surface area contributed by atoms with Crippen molar-refractivity contribution < 1.29 is 37.4 Å². The van der Waals surface area contributed by atoms with Gasteiger partial charge in [-0.15, -0.1) is 0 Å². The van der Waals surface area contributed by atoms with E-state index in [1.807, 2.05) is 24.3 Å². The third-order valence-corrected chi connectivity index (χ3v) is 8.38. The Morgan fingerprint density at radius 2 is 1.14 bits per heavy atom. The minimum Gasteiger partial charge on any atom is -0.464 e. The number of ether oxygens (including phenoxy) is 4. The highest BCUT2D eigenvalue weighted by molar-refractivity contribution is 6.29. The van der Waals surface area contributed by atoms with Crippen LogP contribution in [0.1, 0.15) is 24.0 Å². The van der Waals surface area contributed by atoms with Crippen molar-refractivity contribution in [2.24, 2.45) is 0 Å². The molecule has 6 rings (SSSR count). The molecule has 2 unspecified atom stereocenters. The third-order valence-electron chi connectivity index (χ3n) is 8.38. The molecule has 2 atom stereocenters. The molecule has 2 aliphatic heterocycles. The van der Waals surface area contributed by atoms with Crippen LogP contribution in [0.4, 0.5) is 0 Å². The summed E-state index contributed by atoms with van der Waals surface area (Å²) >= 11 is 0. The maximum Gasteiger partial charge on any atom is 0.417 e. The molecule has 44 heavy (non-hydrogen) atoms. The van der Waals surface area contributed by atoms with Crippen molar-refractivity contribution >= 4 is 33.9 Å². The fourth-order valence-electron chi connectivity index (χ4n) is 5.91. The van der Waals surface area contributed by atoms with E-state index in [4.69, 9.17) is 27.8 Å². The summed E-state index contributed by atoms with van der Waals surface area (Å²) in [5.74, 6) is -1.81. The van der Waals surface area contributed by atoms with Crippen molar-refractivity contribution in [3.63, 3.8) is 0 Å². The Labute approximate surface area is 256 Å². The molecule has 0 N–H and O–H groups in total. The number of likely N-dealkylation sites (tertiary alicyclic amines) is 2. The van der Waals surface area contributed by atoms with E-state index in [1.54, 1.807) is 12.5 Å². The summed E-state index contributed by atoms with van der Waals surface area (Å²) in [6.07, 6.45) is 5.83. The maximum atomic E-state index is 12.4. The molecule has 2 saturated heterocycles.